The summed E-state index contributed by atoms with van der Waals surface area (Å²) in [4.78, 5) is 4.35. The fourth-order valence-corrected chi connectivity index (χ4v) is 2.82. The first-order chi connectivity index (χ1) is 8.28. The van der Waals surface area contributed by atoms with E-state index in [-0.39, 0.29) is 5.41 Å². The summed E-state index contributed by atoms with van der Waals surface area (Å²) < 4.78 is 0. The minimum atomic E-state index is -0.153. The summed E-state index contributed by atoms with van der Waals surface area (Å²) in [6, 6.07) is 8.54. The third-order valence-corrected chi connectivity index (χ3v) is 4.12. The molecule has 17 heavy (non-hydrogen) atoms. The van der Waals surface area contributed by atoms with Crippen molar-refractivity contribution in [3.63, 3.8) is 0 Å². The second-order valence-corrected chi connectivity index (χ2v) is 5.24. The molecule has 1 heterocycles. The molecular formula is C15H20N2. The highest BCUT2D eigenvalue weighted by Crippen LogP contribution is 2.41. The number of rotatable bonds is 3. The first kappa shape index (κ1) is 12.1. The highest BCUT2D eigenvalue weighted by Gasteiger charge is 2.35. The van der Waals surface area contributed by atoms with Gasteiger partial charge in [0.2, 0.25) is 0 Å². The molecule has 0 N–H and O–H groups in total. The number of aromatic nitrogens is 1. The van der Waals surface area contributed by atoms with E-state index in [4.69, 9.17) is 0 Å². The van der Waals surface area contributed by atoms with Gasteiger partial charge in [-0.3, -0.25) is 4.98 Å². The van der Waals surface area contributed by atoms with Gasteiger partial charge < -0.3 is 0 Å². The number of nitriles is 1. The second-order valence-electron chi connectivity index (χ2n) is 5.24. The first-order valence-electron chi connectivity index (χ1n) is 6.59. The molecule has 0 unspecified atom stereocenters. The van der Waals surface area contributed by atoms with Gasteiger partial charge in [-0.05, 0) is 43.7 Å². The molecule has 1 fully saturated rings. The molecule has 0 aliphatic heterocycles. The van der Waals surface area contributed by atoms with Crippen LogP contribution in [0.3, 0.4) is 0 Å². The molecule has 1 aromatic rings. The van der Waals surface area contributed by atoms with Gasteiger partial charge in [0.1, 0.15) is 0 Å². The summed E-state index contributed by atoms with van der Waals surface area (Å²) in [7, 11) is 0. The molecule has 1 aromatic heterocycles. The topological polar surface area (TPSA) is 36.7 Å². The molecule has 2 heteroatoms. The minimum Gasteiger partial charge on any atom is -0.261 e. The average molecular weight is 228 g/mol. The summed E-state index contributed by atoms with van der Waals surface area (Å²) in [5, 5.41) is 9.48. The highest BCUT2D eigenvalue weighted by molar-refractivity contribution is 5.12. The van der Waals surface area contributed by atoms with Crippen molar-refractivity contribution >= 4 is 0 Å². The van der Waals surface area contributed by atoms with Crippen molar-refractivity contribution < 1.29 is 0 Å². The Hall–Kier alpha value is -1.36. The van der Waals surface area contributed by atoms with Crippen molar-refractivity contribution in [2.24, 2.45) is 11.3 Å². The van der Waals surface area contributed by atoms with Gasteiger partial charge >= 0.3 is 0 Å². The Labute approximate surface area is 104 Å². The van der Waals surface area contributed by atoms with Gasteiger partial charge in [0.15, 0.2) is 0 Å². The van der Waals surface area contributed by atoms with Crippen molar-refractivity contribution in [1.82, 2.24) is 4.98 Å². The molecule has 0 aromatic carbocycles. The van der Waals surface area contributed by atoms with E-state index in [9.17, 15) is 5.26 Å². The van der Waals surface area contributed by atoms with E-state index in [1.54, 1.807) is 0 Å². The first-order valence-corrected chi connectivity index (χ1v) is 6.59. The Bertz CT molecular complexity index is 383. The predicted octanol–water partition coefficient (Wildman–Crippen LogP) is 3.73. The van der Waals surface area contributed by atoms with Crippen LogP contribution in [0.15, 0.2) is 24.4 Å². The van der Waals surface area contributed by atoms with Crippen molar-refractivity contribution in [3.8, 4) is 6.07 Å². The lowest BCUT2D eigenvalue weighted by atomic mass is 9.68. The zero-order valence-electron chi connectivity index (χ0n) is 10.5. The largest absolute Gasteiger partial charge is 0.261 e. The Kier molecular flexibility index (Phi) is 3.78. The van der Waals surface area contributed by atoms with Gasteiger partial charge in [-0.15, -0.1) is 0 Å². The van der Waals surface area contributed by atoms with E-state index < -0.39 is 0 Å². The monoisotopic (exact) mass is 228 g/mol. The number of hydrogen-bond acceptors (Lipinski definition) is 2. The van der Waals surface area contributed by atoms with Gasteiger partial charge in [0.05, 0.1) is 11.5 Å². The molecule has 1 aliphatic carbocycles. The quantitative estimate of drug-likeness (QED) is 0.790. The Morgan fingerprint density at radius 2 is 2.18 bits per heavy atom. The third-order valence-electron chi connectivity index (χ3n) is 4.12. The molecule has 0 amide bonds. The van der Waals surface area contributed by atoms with Crippen molar-refractivity contribution in [2.45, 2.75) is 45.4 Å². The van der Waals surface area contributed by atoms with E-state index >= 15 is 0 Å². The maximum atomic E-state index is 9.48. The fraction of sp³-hybridized carbons (Fsp3) is 0.600. The smallest absolute Gasteiger partial charge is 0.0693 e. The molecule has 2 rings (SSSR count). The number of nitrogens with zero attached hydrogens (tertiary/aromatic N) is 2. The van der Waals surface area contributed by atoms with Crippen LogP contribution in [-0.2, 0) is 6.42 Å². The molecule has 2 nitrogen and oxygen atoms in total. The van der Waals surface area contributed by atoms with E-state index in [1.807, 2.05) is 24.4 Å². The third kappa shape index (κ3) is 2.85. The Morgan fingerprint density at radius 3 is 2.71 bits per heavy atom. The van der Waals surface area contributed by atoms with Gasteiger partial charge in [0.25, 0.3) is 0 Å². The molecule has 0 radical (unpaired) electrons. The lowest BCUT2D eigenvalue weighted by Crippen LogP contribution is -2.28. The summed E-state index contributed by atoms with van der Waals surface area (Å²) >= 11 is 0. The van der Waals surface area contributed by atoms with Crippen molar-refractivity contribution in [2.75, 3.05) is 0 Å². The molecule has 90 valence electrons. The van der Waals surface area contributed by atoms with Crippen LogP contribution in [-0.4, -0.2) is 4.98 Å². The normalized spacial score (nSPS) is 28.6. The van der Waals surface area contributed by atoms with E-state index in [1.165, 1.54) is 19.3 Å². The maximum absolute atomic E-state index is 9.48. The summed E-state index contributed by atoms with van der Waals surface area (Å²) in [5.41, 5.74) is 0.907. The van der Waals surface area contributed by atoms with Gasteiger partial charge in [0, 0.05) is 18.3 Å². The molecule has 0 bridgehead atoms. The zero-order chi connectivity index (χ0) is 12.1. The molecule has 0 saturated heterocycles. The molecular weight excluding hydrogens is 208 g/mol. The van der Waals surface area contributed by atoms with Crippen LogP contribution in [0.2, 0.25) is 0 Å². The lowest BCUT2D eigenvalue weighted by molar-refractivity contribution is 0.204. The highest BCUT2D eigenvalue weighted by atomic mass is 14.7. The second kappa shape index (κ2) is 5.31. The average Bonchev–Trinajstić information content (AvgIpc) is 2.41. The van der Waals surface area contributed by atoms with E-state index in [0.29, 0.717) is 0 Å². The van der Waals surface area contributed by atoms with Gasteiger partial charge in [-0.25, -0.2) is 0 Å². The summed E-state index contributed by atoms with van der Waals surface area (Å²) in [6.45, 7) is 2.25. The maximum Gasteiger partial charge on any atom is 0.0693 e. The van der Waals surface area contributed by atoms with E-state index in [2.05, 4.69) is 18.0 Å². The van der Waals surface area contributed by atoms with Crippen LogP contribution in [0.1, 0.15) is 44.7 Å². The lowest BCUT2D eigenvalue weighted by Gasteiger charge is -2.34. The van der Waals surface area contributed by atoms with Crippen molar-refractivity contribution in [3.05, 3.63) is 30.1 Å². The van der Waals surface area contributed by atoms with Crippen molar-refractivity contribution in [1.29, 1.82) is 5.26 Å². The Morgan fingerprint density at radius 1 is 1.41 bits per heavy atom. The van der Waals surface area contributed by atoms with Gasteiger partial charge in [-0.1, -0.05) is 19.4 Å². The SMILES string of the molecule is CCC1CCC(C#N)(Cc2ccccn2)CC1. The van der Waals surface area contributed by atoms with Crippen LogP contribution in [0, 0.1) is 22.7 Å². The van der Waals surface area contributed by atoms with Gasteiger partial charge in [-0.2, -0.15) is 5.26 Å². The minimum absolute atomic E-state index is 0.153. The van der Waals surface area contributed by atoms with Crippen LogP contribution in [0.25, 0.3) is 0 Å². The Balaban J connectivity index is 2.05. The summed E-state index contributed by atoms with van der Waals surface area (Å²) in [5.74, 6) is 0.834. The van der Waals surface area contributed by atoms with Crippen LogP contribution in [0.4, 0.5) is 0 Å². The van der Waals surface area contributed by atoms with Crippen LogP contribution >= 0.6 is 0 Å². The van der Waals surface area contributed by atoms with E-state index in [0.717, 1.165) is 30.9 Å². The van der Waals surface area contributed by atoms with Crippen LogP contribution in [0.5, 0.6) is 0 Å². The number of pyridine rings is 1. The molecule has 0 atom stereocenters. The molecule has 1 aliphatic rings. The number of hydrogen-bond donors (Lipinski definition) is 0. The predicted molar refractivity (Wildman–Crippen MR) is 68.2 cm³/mol. The zero-order valence-corrected chi connectivity index (χ0v) is 10.5. The summed E-state index contributed by atoms with van der Waals surface area (Å²) in [6.07, 6.45) is 8.38. The molecule has 1 saturated carbocycles. The molecule has 0 spiro atoms. The van der Waals surface area contributed by atoms with Crippen LogP contribution < -0.4 is 0 Å². The standard InChI is InChI=1S/C15H20N2/c1-2-13-6-8-15(12-16,9-7-13)11-14-5-3-4-10-17-14/h3-5,10,13H,2,6-9,11H2,1H3. The fourth-order valence-electron chi connectivity index (χ4n) is 2.82.